The number of amides is 1. The number of nitrogens with one attached hydrogen (secondary N) is 2. The summed E-state index contributed by atoms with van der Waals surface area (Å²) in [5.74, 6) is -0.643. The van der Waals surface area contributed by atoms with Crippen molar-refractivity contribution in [3.63, 3.8) is 0 Å². The van der Waals surface area contributed by atoms with Gasteiger partial charge in [0, 0.05) is 37.4 Å². The number of methoxy groups -OCH3 is 1. The number of ether oxygens (including phenoxy) is 1. The van der Waals surface area contributed by atoms with Gasteiger partial charge in [-0.3, -0.25) is 4.79 Å². The molecule has 27 heavy (non-hydrogen) atoms. The maximum Gasteiger partial charge on any atom is 0.339 e. The molecule has 2 N–H and O–H groups in total. The van der Waals surface area contributed by atoms with Gasteiger partial charge in [0.05, 0.1) is 18.4 Å². The summed E-state index contributed by atoms with van der Waals surface area (Å²) in [6.45, 7) is 6.70. The molecule has 0 saturated heterocycles. The number of nitrogens with zero attached hydrogens (tertiary/aromatic N) is 1. The average Bonchev–Trinajstić information content (AvgIpc) is 2.70. The number of rotatable bonds is 9. The number of hydrogen-bond donors (Lipinski definition) is 2. The van der Waals surface area contributed by atoms with E-state index in [0.29, 0.717) is 17.8 Å². The minimum atomic E-state index is -0.475. The van der Waals surface area contributed by atoms with Gasteiger partial charge in [0.25, 0.3) is 0 Å². The molecule has 0 saturated carbocycles. The zero-order chi connectivity index (χ0) is 19.6. The fourth-order valence-electron chi connectivity index (χ4n) is 2.79. The second-order valence-corrected chi connectivity index (χ2v) is 5.98. The van der Waals surface area contributed by atoms with Crippen molar-refractivity contribution in [3.8, 4) is 0 Å². The van der Waals surface area contributed by atoms with Gasteiger partial charge in [-0.2, -0.15) is 0 Å². The molecule has 0 atom stereocenters. The monoisotopic (exact) mass is 369 g/mol. The van der Waals surface area contributed by atoms with Gasteiger partial charge in [-0.1, -0.05) is 12.1 Å². The molecule has 0 fully saturated rings. The Morgan fingerprint density at radius 2 is 1.67 bits per heavy atom. The standard InChI is InChI=1S/C21H27N3O3/c1-4-24(5-2)17-12-10-16(11-13-17)22-15-14-20(25)23-19-9-7-6-8-18(19)21(26)27-3/h6-13,22H,4-5,14-15H2,1-3H3,(H,23,25). The lowest BCUT2D eigenvalue weighted by molar-refractivity contribution is -0.115. The largest absolute Gasteiger partial charge is 0.465 e. The maximum absolute atomic E-state index is 12.2. The van der Waals surface area contributed by atoms with Gasteiger partial charge < -0.3 is 20.3 Å². The molecule has 1 amide bonds. The van der Waals surface area contributed by atoms with Crippen LogP contribution < -0.4 is 15.5 Å². The van der Waals surface area contributed by atoms with Crippen LogP contribution >= 0.6 is 0 Å². The maximum atomic E-state index is 12.2. The molecule has 6 nitrogen and oxygen atoms in total. The van der Waals surface area contributed by atoms with E-state index in [1.807, 2.05) is 12.1 Å². The molecule has 0 bridgehead atoms. The lowest BCUT2D eigenvalue weighted by Crippen LogP contribution is -2.21. The molecule has 0 heterocycles. The average molecular weight is 369 g/mol. The van der Waals surface area contributed by atoms with E-state index >= 15 is 0 Å². The highest BCUT2D eigenvalue weighted by Crippen LogP contribution is 2.18. The SMILES string of the molecule is CCN(CC)c1ccc(NCCC(=O)Nc2ccccc2C(=O)OC)cc1. The van der Waals surface area contributed by atoms with Gasteiger partial charge in [-0.15, -0.1) is 0 Å². The molecule has 0 aliphatic rings. The Morgan fingerprint density at radius 1 is 1.00 bits per heavy atom. The Hall–Kier alpha value is -3.02. The molecule has 6 heteroatoms. The zero-order valence-corrected chi connectivity index (χ0v) is 16.1. The summed E-state index contributed by atoms with van der Waals surface area (Å²) < 4.78 is 4.73. The lowest BCUT2D eigenvalue weighted by Gasteiger charge is -2.21. The molecule has 0 aliphatic heterocycles. The van der Waals surface area contributed by atoms with E-state index in [2.05, 4.69) is 41.5 Å². The molecular weight excluding hydrogens is 342 g/mol. The predicted molar refractivity (Wildman–Crippen MR) is 110 cm³/mol. The molecule has 0 aliphatic carbocycles. The number of carbonyl (C=O) groups excluding carboxylic acids is 2. The highest BCUT2D eigenvalue weighted by atomic mass is 16.5. The second kappa shape index (κ2) is 10.2. The summed E-state index contributed by atoms with van der Waals surface area (Å²) >= 11 is 0. The normalized spacial score (nSPS) is 10.2. The van der Waals surface area contributed by atoms with Crippen LogP contribution in [0, 0.1) is 0 Å². The van der Waals surface area contributed by atoms with Crippen LogP contribution in [0.15, 0.2) is 48.5 Å². The summed E-state index contributed by atoms with van der Waals surface area (Å²) in [6.07, 6.45) is 0.285. The fourth-order valence-corrected chi connectivity index (χ4v) is 2.79. The topological polar surface area (TPSA) is 70.7 Å². The molecule has 0 unspecified atom stereocenters. The van der Waals surface area contributed by atoms with Gasteiger partial charge in [-0.05, 0) is 50.2 Å². The Labute approximate surface area is 160 Å². The quantitative estimate of drug-likeness (QED) is 0.659. The third kappa shape index (κ3) is 5.74. The van der Waals surface area contributed by atoms with Crippen molar-refractivity contribution in [3.05, 3.63) is 54.1 Å². The van der Waals surface area contributed by atoms with E-state index in [0.717, 1.165) is 18.8 Å². The van der Waals surface area contributed by atoms with E-state index < -0.39 is 5.97 Å². The molecule has 0 radical (unpaired) electrons. The Morgan fingerprint density at radius 3 is 2.30 bits per heavy atom. The minimum absolute atomic E-state index is 0.168. The summed E-state index contributed by atoms with van der Waals surface area (Å²) in [7, 11) is 1.32. The number of anilines is 3. The molecule has 144 valence electrons. The van der Waals surface area contributed by atoms with Crippen molar-refractivity contribution in [2.75, 3.05) is 42.3 Å². The van der Waals surface area contributed by atoms with Crippen molar-refractivity contribution in [2.45, 2.75) is 20.3 Å². The van der Waals surface area contributed by atoms with E-state index in [1.165, 1.54) is 12.8 Å². The number of carbonyl (C=O) groups is 2. The molecule has 2 rings (SSSR count). The first-order valence-corrected chi connectivity index (χ1v) is 9.15. The minimum Gasteiger partial charge on any atom is -0.465 e. The smallest absolute Gasteiger partial charge is 0.339 e. The zero-order valence-electron chi connectivity index (χ0n) is 16.1. The van der Waals surface area contributed by atoms with Gasteiger partial charge in [-0.25, -0.2) is 4.79 Å². The first-order chi connectivity index (χ1) is 13.1. The highest BCUT2D eigenvalue weighted by Gasteiger charge is 2.13. The van der Waals surface area contributed by atoms with Crippen molar-refractivity contribution in [2.24, 2.45) is 0 Å². The van der Waals surface area contributed by atoms with E-state index in [-0.39, 0.29) is 12.3 Å². The summed E-state index contributed by atoms with van der Waals surface area (Å²) in [5, 5.41) is 6.01. The second-order valence-electron chi connectivity index (χ2n) is 5.98. The lowest BCUT2D eigenvalue weighted by atomic mass is 10.1. The number of para-hydroxylation sites is 1. The Kier molecular flexibility index (Phi) is 7.67. The van der Waals surface area contributed by atoms with Gasteiger partial charge in [0.15, 0.2) is 0 Å². The van der Waals surface area contributed by atoms with Crippen LogP contribution in [0.25, 0.3) is 0 Å². The number of esters is 1. The van der Waals surface area contributed by atoms with Crippen LogP contribution in [0.2, 0.25) is 0 Å². The molecule has 0 spiro atoms. The summed E-state index contributed by atoms with van der Waals surface area (Å²) in [4.78, 5) is 26.2. The van der Waals surface area contributed by atoms with Crippen molar-refractivity contribution in [1.82, 2.24) is 0 Å². The van der Waals surface area contributed by atoms with E-state index in [4.69, 9.17) is 4.74 Å². The van der Waals surface area contributed by atoms with Crippen molar-refractivity contribution < 1.29 is 14.3 Å². The van der Waals surface area contributed by atoms with Crippen LogP contribution in [0.5, 0.6) is 0 Å². The third-order valence-corrected chi connectivity index (χ3v) is 4.28. The molecule has 2 aromatic rings. The van der Waals surface area contributed by atoms with Crippen LogP contribution in [0.4, 0.5) is 17.1 Å². The fraction of sp³-hybridized carbons (Fsp3) is 0.333. The highest BCUT2D eigenvalue weighted by molar-refractivity contribution is 6.01. The van der Waals surface area contributed by atoms with Crippen LogP contribution in [0.3, 0.4) is 0 Å². The van der Waals surface area contributed by atoms with Crippen LogP contribution in [-0.4, -0.2) is 38.6 Å². The summed E-state index contributed by atoms with van der Waals surface area (Å²) in [6, 6.07) is 15.0. The van der Waals surface area contributed by atoms with E-state index in [1.54, 1.807) is 24.3 Å². The first kappa shape index (κ1) is 20.3. The predicted octanol–water partition coefficient (Wildman–Crippen LogP) is 3.76. The first-order valence-electron chi connectivity index (χ1n) is 9.15. The third-order valence-electron chi connectivity index (χ3n) is 4.28. The number of hydrogen-bond acceptors (Lipinski definition) is 5. The van der Waals surface area contributed by atoms with Gasteiger partial charge in [0.1, 0.15) is 0 Å². The van der Waals surface area contributed by atoms with Crippen LogP contribution in [-0.2, 0) is 9.53 Å². The van der Waals surface area contributed by atoms with Gasteiger partial charge >= 0.3 is 5.97 Å². The Bertz CT molecular complexity index is 756. The molecular formula is C21H27N3O3. The number of benzene rings is 2. The van der Waals surface area contributed by atoms with E-state index in [9.17, 15) is 9.59 Å². The molecule has 0 aromatic heterocycles. The molecule has 2 aromatic carbocycles. The van der Waals surface area contributed by atoms with Crippen LogP contribution in [0.1, 0.15) is 30.6 Å². The Balaban J connectivity index is 1.86. The van der Waals surface area contributed by atoms with Crippen molar-refractivity contribution >= 4 is 28.9 Å². The van der Waals surface area contributed by atoms with Gasteiger partial charge in [0.2, 0.25) is 5.91 Å². The summed E-state index contributed by atoms with van der Waals surface area (Å²) in [5.41, 5.74) is 2.95. The van der Waals surface area contributed by atoms with Crippen molar-refractivity contribution in [1.29, 1.82) is 0 Å².